The Hall–Kier alpha value is -0.530. The summed E-state index contributed by atoms with van der Waals surface area (Å²) in [7, 11) is 1.72. The van der Waals surface area contributed by atoms with Gasteiger partial charge in [-0.05, 0) is 51.9 Å². The molecule has 6 heteroatoms. The number of hydrogen-bond acceptors (Lipinski definition) is 3. The zero-order chi connectivity index (χ0) is 16.0. The maximum atomic E-state index is 11.7. The number of esters is 1. The van der Waals surface area contributed by atoms with E-state index < -0.39 is 5.60 Å². The van der Waals surface area contributed by atoms with Gasteiger partial charge in [0.05, 0.1) is 0 Å². The van der Waals surface area contributed by atoms with Crippen LogP contribution in [0, 0.1) is 11.8 Å². The fraction of sp³-hybridized carbons (Fsp3) is 0.875. The van der Waals surface area contributed by atoms with Gasteiger partial charge in [0.25, 0.3) is 0 Å². The van der Waals surface area contributed by atoms with E-state index in [0.29, 0.717) is 12.0 Å². The molecule has 1 rings (SSSR count). The van der Waals surface area contributed by atoms with Gasteiger partial charge >= 0.3 is 5.97 Å². The van der Waals surface area contributed by atoms with Crippen molar-refractivity contribution >= 4 is 35.9 Å². The SMILES string of the molecule is CN=C(NCC(=O)OC(C)(C)C)NC1CC(C)CC(C)C1.I. The number of nitrogens with zero attached hydrogens (tertiary/aromatic N) is 1. The molecule has 0 radical (unpaired) electrons. The van der Waals surface area contributed by atoms with Gasteiger partial charge in [-0.3, -0.25) is 9.79 Å². The summed E-state index contributed by atoms with van der Waals surface area (Å²) in [6.07, 6.45) is 3.59. The Kier molecular flexibility index (Phi) is 9.34. The van der Waals surface area contributed by atoms with E-state index in [2.05, 4.69) is 29.5 Å². The molecule has 0 bridgehead atoms. The summed E-state index contributed by atoms with van der Waals surface area (Å²) < 4.78 is 5.27. The topological polar surface area (TPSA) is 62.7 Å². The Labute approximate surface area is 152 Å². The van der Waals surface area contributed by atoms with Gasteiger partial charge < -0.3 is 15.4 Å². The van der Waals surface area contributed by atoms with E-state index in [1.165, 1.54) is 6.42 Å². The van der Waals surface area contributed by atoms with Crippen LogP contribution in [0.2, 0.25) is 0 Å². The standard InChI is InChI=1S/C16H31N3O2.HI/c1-11-7-12(2)9-13(8-11)19-15(17-6)18-10-14(20)21-16(3,4)5;/h11-13H,7-10H2,1-6H3,(H2,17,18,19);1H. The molecule has 0 saturated heterocycles. The Morgan fingerprint density at radius 2 is 1.73 bits per heavy atom. The molecule has 0 amide bonds. The smallest absolute Gasteiger partial charge is 0.325 e. The molecular weight excluding hydrogens is 393 g/mol. The Balaban J connectivity index is 0.00000441. The van der Waals surface area contributed by atoms with Crippen molar-refractivity contribution in [2.45, 2.75) is 65.5 Å². The van der Waals surface area contributed by atoms with E-state index in [1.54, 1.807) is 7.05 Å². The molecule has 1 aliphatic carbocycles. The monoisotopic (exact) mass is 425 g/mol. The molecule has 130 valence electrons. The number of carbonyl (C=O) groups excluding carboxylic acids is 1. The first-order chi connectivity index (χ1) is 9.69. The molecule has 2 unspecified atom stereocenters. The molecule has 5 nitrogen and oxygen atoms in total. The van der Waals surface area contributed by atoms with E-state index in [0.717, 1.165) is 24.7 Å². The average Bonchev–Trinajstić information content (AvgIpc) is 2.31. The van der Waals surface area contributed by atoms with Crippen molar-refractivity contribution in [3.63, 3.8) is 0 Å². The molecule has 2 atom stereocenters. The summed E-state index contributed by atoms with van der Waals surface area (Å²) in [6, 6.07) is 0.425. The van der Waals surface area contributed by atoms with Crippen LogP contribution >= 0.6 is 24.0 Å². The predicted octanol–water partition coefficient (Wildman–Crippen LogP) is 2.94. The molecule has 0 aromatic heterocycles. The van der Waals surface area contributed by atoms with Crippen LogP contribution in [-0.4, -0.2) is 37.2 Å². The van der Waals surface area contributed by atoms with E-state index in [-0.39, 0.29) is 36.5 Å². The molecule has 1 aliphatic rings. The second kappa shape index (κ2) is 9.57. The lowest BCUT2D eigenvalue weighted by Crippen LogP contribution is -2.48. The van der Waals surface area contributed by atoms with Crippen molar-refractivity contribution in [2.24, 2.45) is 16.8 Å². The summed E-state index contributed by atoms with van der Waals surface area (Å²) in [6.45, 7) is 10.3. The van der Waals surface area contributed by atoms with Crippen LogP contribution in [0.15, 0.2) is 4.99 Å². The van der Waals surface area contributed by atoms with Crippen molar-refractivity contribution in [3.8, 4) is 0 Å². The highest BCUT2D eigenvalue weighted by molar-refractivity contribution is 14.0. The molecule has 1 fully saturated rings. The van der Waals surface area contributed by atoms with Gasteiger partial charge in [0.1, 0.15) is 12.1 Å². The van der Waals surface area contributed by atoms with Gasteiger partial charge in [0.2, 0.25) is 0 Å². The molecule has 0 heterocycles. The summed E-state index contributed by atoms with van der Waals surface area (Å²) in [4.78, 5) is 15.9. The van der Waals surface area contributed by atoms with Crippen molar-refractivity contribution in [3.05, 3.63) is 0 Å². The van der Waals surface area contributed by atoms with Crippen LogP contribution in [0.5, 0.6) is 0 Å². The molecule has 2 N–H and O–H groups in total. The number of carbonyl (C=O) groups is 1. The van der Waals surface area contributed by atoms with Gasteiger partial charge in [-0.2, -0.15) is 0 Å². The third-order valence-corrected chi connectivity index (χ3v) is 3.56. The van der Waals surface area contributed by atoms with E-state index >= 15 is 0 Å². The molecular formula is C16H32IN3O2. The highest BCUT2D eigenvalue weighted by Gasteiger charge is 2.24. The van der Waals surface area contributed by atoms with Crippen LogP contribution in [0.3, 0.4) is 0 Å². The highest BCUT2D eigenvalue weighted by Crippen LogP contribution is 2.28. The summed E-state index contributed by atoms with van der Waals surface area (Å²) in [5, 5.41) is 6.45. The number of hydrogen-bond donors (Lipinski definition) is 2. The van der Waals surface area contributed by atoms with E-state index in [9.17, 15) is 4.79 Å². The number of aliphatic imine (C=N–C) groups is 1. The third-order valence-electron chi connectivity index (χ3n) is 3.56. The van der Waals surface area contributed by atoms with Crippen LogP contribution in [0.4, 0.5) is 0 Å². The minimum Gasteiger partial charge on any atom is -0.459 e. The molecule has 1 saturated carbocycles. The second-order valence-corrected chi connectivity index (χ2v) is 7.27. The fourth-order valence-electron chi connectivity index (χ4n) is 2.99. The van der Waals surface area contributed by atoms with Crippen LogP contribution < -0.4 is 10.6 Å². The number of ether oxygens (including phenoxy) is 1. The molecule has 0 aromatic rings. The normalized spacial score (nSPS) is 25.9. The average molecular weight is 425 g/mol. The lowest BCUT2D eigenvalue weighted by molar-refractivity contribution is -0.153. The molecule has 0 aromatic carbocycles. The molecule has 22 heavy (non-hydrogen) atoms. The maximum Gasteiger partial charge on any atom is 0.325 e. The Morgan fingerprint density at radius 1 is 1.18 bits per heavy atom. The summed E-state index contributed by atoms with van der Waals surface area (Å²) in [5.74, 6) is 1.87. The number of nitrogens with one attached hydrogen (secondary N) is 2. The first-order valence-electron chi connectivity index (χ1n) is 7.88. The van der Waals surface area contributed by atoms with Gasteiger partial charge in [0.15, 0.2) is 5.96 Å². The summed E-state index contributed by atoms with van der Waals surface area (Å²) >= 11 is 0. The number of rotatable bonds is 3. The summed E-state index contributed by atoms with van der Waals surface area (Å²) in [5.41, 5.74) is -0.454. The van der Waals surface area contributed by atoms with Gasteiger partial charge in [-0.15, -0.1) is 24.0 Å². The number of halogens is 1. The van der Waals surface area contributed by atoms with Crippen LogP contribution in [-0.2, 0) is 9.53 Å². The predicted molar refractivity (Wildman–Crippen MR) is 102 cm³/mol. The van der Waals surface area contributed by atoms with E-state index in [4.69, 9.17) is 4.74 Å². The minimum absolute atomic E-state index is 0. The van der Waals surface area contributed by atoms with Crippen molar-refractivity contribution in [2.75, 3.05) is 13.6 Å². The Bertz CT molecular complexity index is 370. The molecule has 0 spiro atoms. The van der Waals surface area contributed by atoms with Gasteiger partial charge in [-0.25, -0.2) is 0 Å². The van der Waals surface area contributed by atoms with Gasteiger partial charge in [-0.1, -0.05) is 13.8 Å². The zero-order valence-corrected chi connectivity index (χ0v) is 17.1. The zero-order valence-electron chi connectivity index (χ0n) is 14.7. The van der Waals surface area contributed by atoms with Gasteiger partial charge in [0, 0.05) is 13.1 Å². The maximum absolute atomic E-state index is 11.7. The van der Waals surface area contributed by atoms with Crippen molar-refractivity contribution in [1.29, 1.82) is 0 Å². The third kappa shape index (κ3) is 8.80. The van der Waals surface area contributed by atoms with Crippen molar-refractivity contribution < 1.29 is 9.53 Å². The van der Waals surface area contributed by atoms with E-state index in [1.807, 2.05) is 20.8 Å². The fourth-order valence-corrected chi connectivity index (χ4v) is 2.99. The minimum atomic E-state index is -0.454. The second-order valence-electron chi connectivity index (χ2n) is 7.27. The highest BCUT2D eigenvalue weighted by atomic mass is 127. The Morgan fingerprint density at radius 3 is 2.18 bits per heavy atom. The lowest BCUT2D eigenvalue weighted by Gasteiger charge is -2.32. The number of guanidine groups is 1. The molecule has 0 aliphatic heterocycles. The largest absolute Gasteiger partial charge is 0.459 e. The lowest BCUT2D eigenvalue weighted by atomic mass is 9.80. The van der Waals surface area contributed by atoms with Crippen LogP contribution in [0.25, 0.3) is 0 Å². The van der Waals surface area contributed by atoms with Crippen LogP contribution in [0.1, 0.15) is 53.9 Å². The first kappa shape index (κ1) is 21.5. The first-order valence-corrected chi connectivity index (χ1v) is 7.88. The van der Waals surface area contributed by atoms with Crippen molar-refractivity contribution in [1.82, 2.24) is 10.6 Å². The quantitative estimate of drug-likeness (QED) is 0.316.